The summed E-state index contributed by atoms with van der Waals surface area (Å²) in [6.07, 6.45) is 1.74. The summed E-state index contributed by atoms with van der Waals surface area (Å²) in [5.41, 5.74) is 3.49. The van der Waals surface area contributed by atoms with Gasteiger partial charge in [0.15, 0.2) is 0 Å². The van der Waals surface area contributed by atoms with Gasteiger partial charge in [-0.2, -0.15) is 0 Å². The number of carboxylic acids is 1. The minimum absolute atomic E-state index is 0.240. The van der Waals surface area contributed by atoms with Crippen LogP contribution in [0, 0.1) is 6.92 Å². The molecule has 2 N–H and O–H groups in total. The van der Waals surface area contributed by atoms with E-state index in [2.05, 4.69) is 15.0 Å². The van der Waals surface area contributed by atoms with Crippen LogP contribution in [0.15, 0.2) is 36.5 Å². The zero-order chi connectivity index (χ0) is 13.4. The van der Waals surface area contributed by atoms with Crippen LogP contribution in [0.5, 0.6) is 0 Å². The van der Waals surface area contributed by atoms with Crippen molar-refractivity contribution in [1.82, 2.24) is 15.0 Å². The fourth-order valence-corrected chi connectivity index (χ4v) is 1.89. The van der Waals surface area contributed by atoms with Crippen LogP contribution in [0.25, 0.3) is 22.4 Å². The van der Waals surface area contributed by atoms with Gasteiger partial charge in [-0.3, -0.25) is 4.98 Å². The number of fused-ring (bicyclic) bond motifs is 1. The standard InChI is InChI=1S/C14H11N3O2/c1-8-2-3-10(7-15-8)13-16-11-5-4-9(14(18)19)6-12(11)17-13/h2-7H,1H3,(H,16,17)(H,18,19). The maximum absolute atomic E-state index is 10.9. The molecule has 0 saturated carbocycles. The number of nitrogens with zero attached hydrogens (tertiary/aromatic N) is 2. The molecule has 0 amide bonds. The Labute approximate surface area is 109 Å². The van der Waals surface area contributed by atoms with Gasteiger partial charge < -0.3 is 10.1 Å². The molecule has 0 spiro atoms. The number of aromatic nitrogens is 3. The summed E-state index contributed by atoms with van der Waals surface area (Å²) in [6, 6.07) is 8.65. The van der Waals surface area contributed by atoms with Crippen LogP contribution < -0.4 is 0 Å². The van der Waals surface area contributed by atoms with Crippen LogP contribution in [-0.2, 0) is 0 Å². The number of hydrogen-bond donors (Lipinski definition) is 2. The molecule has 2 aromatic heterocycles. The Bertz CT molecular complexity index is 760. The van der Waals surface area contributed by atoms with Crippen molar-refractivity contribution in [2.75, 3.05) is 0 Å². The molecule has 5 nitrogen and oxygen atoms in total. The quantitative estimate of drug-likeness (QED) is 0.735. The van der Waals surface area contributed by atoms with Crippen molar-refractivity contribution in [2.45, 2.75) is 6.92 Å². The molecule has 0 unspecified atom stereocenters. The first-order valence-corrected chi connectivity index (χ1v) is 5.79. The number of aryl methyl sites for hydroxylation is 1. The maximum atomic E-state index is 10.9. The predicted octanol–water partition coefficient (Wildman–Crippen LogP) is 2.63. The van der Waals surface area contributed by atoms with E-state index in [0.717, 1.165) is 16.8 Å². The summed E-state index contributed by atoms with van der Waals surface area (Å²) >= 11 is 0. The molecule has 3 aromatic rings. The van der Waals surface area contributed by atoms with E-state index in [1.807, 2.05) is 19.1 Å². The number of aromatic amines is 1. The van der Waals surface area contributed by atoms with Gasteiger partial charge in [-0.15, -0.1) is 0 Å². The van der Waals surface area contributed by atoms with Gasteiger partial charge >= 0.3 is 5.97 Å². The lowest BCUT2D eigenvalue weighted by Gasteiger charge is -1.95. The van der Waals surface area contributed by atoms with Gasteiger partial charge in [0.2, 0.25) is 0 Å². The highest BCUT2D eigenvalue weighted by atomic mass is 16.4. The normalized spacial score (nSPS) is 10.8. The fourth-order valence-electron chi connectivity index (χ4n) is 1.89. The average molecular weight is 253 g/mol. The second kappa shape index (κ2) is 4.20. The number of rotatable bonds is 2. The lowest BCUT2D eigenvalue weighted by Crippen LogP contribution is -1.94. The highest BCUT2D eigenvalue weighted by Gasteiger charge is 2.08. The molecular formula is C14H11N3O2. The van der Waals surface area contributed by atoms with Gasteiger partial charge in [-0.25, -0.2) is 9.78 Å². The van der Waals surface area contributed by atoms with E-state index in [0.29, 0.717) is 11.3 Å². The highest BCUT2D eigenvalue weighted by Crippen LogP contribution is 2.20. The second-order valence-corrected chi connectivity index (χ2v) is 4.31. The Morgan fingerprint density at radius 2 is 2.11 bits per heavy atom. The summed E-state index contributed by atoms with van der Waals surface area (Å²) in [6.45, 7) is 1.92. The molecule has 5 heteroatoms. The zero-order valence-corrected chi connectivity index (χ0v) is 10.2. The second-order valence-electron chi connectivity index (χ2n) is 4.31. The lowest BCUT2D eigenvalue weighted by atomic mass is 10.2. The molecule has 19 heavy (non-hydrogen) atoms. The fraction of sp³-hybridized carbons (Fsp3) is 0.0714. The summed E-state index contributed by atoms with van der Waals surface area (Å²) in [5.74, 6) is -0.264. The molecule has 0 aliphatic carbocycles. The third-order valence-electron chi connectivity index (χ3n) is 2.91. The Morgan fingerprint density at radius 3 is 2.79 bits per heavy atom. The first-order chi connectivity index (χ1) is 9.13. The Balaban J connectivity index is 2.11. The van der Waals surface area contributed by atoms with Crippen LogP contribution in [0.3, 0.4) is 0 Å². The summed E-state index contributed by atoms with van der Waals surface area (Å²) in [5, 5.41) is 8.95. The van der Waals surface area contributed by atoms with E-state index >= 15 is 0 Å². The molecule has 0 fully saturated rings. The van der Waals surface area contributed by atoms with Crippen molar-refractivity contribution in [3.8, 4) is 11.4 Å². The topological polar surface area (TPSA) is 78.9 Å². The minimum atomic E-state index is -0.949. The van der Waals surface area contributed by atoms with Crippen molar-refractivity contribution in [3.63, 3.8) is 0 Å². The molecule has 0 aliphatic rings. The third-order valence-corrected chi connectivity index (χ3v) is 2.91. The summed E-state index contributed by atoms with van der Waals surface area (Å²) < 4.78 is 0. The molecule has 2 heterocycles. The number of aromatic carboxylic acids is 1. The number of benzene rings is 1. The van der Waals surface area contributed by atoms with Crippen LogP contribution >= 0.6 is 0 Å². The van der Waals surface area contributed by atoms with Gasteiger partial charge in [0, 0.05) is 17.5 Å². The van der Waals surface area contributed by atoms with Crippen molar-refractivity contribution >= 4 is 17.0 Å². The number of imidazole rings is 1. The van der Waals surface area contributed by atoms with Crippen LogP contribution in [-0.4, -0.2) is 26.0 Å². The van der Waals surface area contributed by atoms with Crippen LogP contribution in [0.4, 0.5) is 0 Å². The van der Waals surface area contributed by atoms with Crippen molar-refractivity contribution in [3.05, 3.63) is 47.8 Å². The monoisotopic (exact) mass is 253 g/mol. The van der Waals surface area contributed by atoms with Crippen LogP contribution in [0.1, 0.15) is 16.1 Å². The molecule has 0 saturated heterocycles. The molecule has 0 aliphatic heterocycles. The lowest BCUT2D eigenvalue weighted by molar-refractivity contribution is 0.0697. The number of H-pyrrole nitrogens is 1. The number of carboxylic acid groups (broad SMARTS) is 1. The van der Waals surface area contributed by atoms with E-state index < -0.39 is 5.97 Å². The predicted molar refractivity (Wildman–Crippen MR) is 71.0 cm³/mol. The third kappa shape index (κ3) is 2.06. The number of pyridine rings is 1. The van der Waals surface area contributed by atoms with E-state index in [9.17, 15) is 4.79 Å². The first-order valence-electron chi connectivity index (χ1n) is 5.79. The largest absolute Gasteiger partial charge is 0.478 e. The molecular weight excluding hydrogens is 242 g/mol. The highest BCUT2D eigenvalue weighted by molar-refractivity contribution is 5.92. The van der Waals surface area contributed by atoms with E-state index in [1.165, 1.54) is 0 Å². The van der Waals surface area contributed by atoms with Crippen molar-refractivity contribution < 1.29 is 9.90 Å². The average Bonchev–Trinajstić information content (AvgIpc) is 2.82. The number of nitrogens with one attached hydrogen (secondary N) is 1. The van der Waals surface area contributed by atoms with Gasteiger partial charge in [0.1, 0.15) is 5.82 Å². The van der Waals surface area contributed by atoms with E-state index in [4.69, 9.17) is 5.11 Å². The number of hydrogen-bond acceptors (Lipinski definition) is 3. The number of carbonyl (C=O) groups is 1. The maximum Gasteiger partial charge on any atom is 0.335 e. The summed E-state index contributed by atoms with van der Waals surface area (Å²) in [4.78, 5) is 22.7. The first kappa shape index (κ1) is 11.4. The smallest absolute Gasteiger partial charge is 0.335 e. The van der Waals surface area contributed by atoms with Gasteiger partial charge in [0.25, 0.3) is 0 Å². The molecule has 0 bridgehead atoms. The van der Waals surface area contributed by atoms with Gasteiger partial charge in [-0.05, 0) is 37.3 Å². The molecule has 3 rings (SSSR count). The van der Waals surface area contributed by atoms with Gasteiger partial charge in [-0.1, -0.05) is 0 Å². The molecule has 0 radical (unpaired) electrons. The zero-order valence-electron chi connectivity index (χ0n) is 10.2. The minimum Gasteiger partial charge on any atom is -0.478 e. The molecule has 1 aromatic carbocycles. The van der Waals surface area contributed by atoms with E-state index in [-0.39, 0.29) is 5.56 Å². The van der Waals surface area contributed by atoms with E-state index in [1.54, 1.807) is 24.4 Å². The van der Waals surface area contributed by atoms with Gasteiger partial charge in [0.05, 0.1) is 16.6 Å². The molecule has 0 atom stereocenters. The Hall–Kier alpha value is -2.69. The SMILES string of the molecule is Cc1ccc(-c2nc3ccc(C(=O)O)cc3[nH]2)cn1. The molecule has 94 valence electrons. The van der Waals surface area contributed by atoms with Crippen LogP contribution in [0.2, 0.25) is 0 Å². The van der Waals surface area contributed by atoms with Crippen molar-refractivity contribution in [2.24, 2.45) is 0 Å². The Morgan fingerprint density at radius 1 is 1.26 bits per heavy atom. The summed E-state index contributed by atoms with van der Waals surface area (Å²) in [7, 11) is 0. The Kier molecular flexibility index (Phi) is 2.52. The van der Waals surface area contributed by atoms with Crippen molar-refractivity contribution in [1.29, 1.82) is 0 Å².